The Morgan fingerprint density at radius 2 is 1.76 bits per heavy atom. The fourth-order valence-corrected chi connectivity index (χ4v) is 2.25. The van der Waals surface area contributed by atoms with Crippen LogP contribution in [0.25, 0.3) is 0 Å². The van der Waals surface area contributed by atoms with Gasteiger partial charge in [-0.15, -0.1) is 11.8 Å². The predicted molar refractivity (Wildman–Crippen MR) is 81.5 cm³/mol. The van der Waals surface area contributed by atoms with Crippen molar-refractivity contribution in [2.24, 2.45) is 11.8 Å². The Balaban J connectivity index is 3.82. The number of hydrogen-bond acceptors (Lipinski definition) is 3. The van der Waals surface area contributed by atoms with Gasteiger partial charge in [0.2, 0.25) is 0 Å². The van der Waals surface area contributed by atoms with E-state index in [1.807, 2.05) is 11.8 Å². The summed E-state index contributed by atoms with van der Waals surface area (Å²) in [4.78, 5) is 4.97. The van der Waals surface area contributed by atoms with Gasteiger partial charge in [-0.05, 0) is 44.1 Å². The topological polar surface area (TPSA) is 6.48 Å². The van der Waals surface area contributed by atoms with Gasteiger partial charge in [0.15, 0.2) is 0 Å². The van der Waals surface area contributed by atoms with Crippen LogP contribution in [0.15, 0.2) is 0 Å². The normalized spacial score (nSPS) is 13.9. The average molecular weight is 260 g/mol. The van der Waals surface area contributed by atoms with Crippen LogP contribution in [-0.2, 0) is 0 Å². The van der Waals surface area contributed by atoms with E-state index in [0.717, 1.165) is 30.9 Å². The summed E-state index contributed by atoms with van der Waals surface area (Å²) < 4.78 is 0. The molecule has 0 aromatic rings. The zero-order valence-corrected chi connectivity index (χ0v) is 13.5. The lowest BCUT2D eigenvalue weighted by Crippen LogP contribution is -2.36. The molecular formula is C14H32N2S. The molecule has 0 aliphatic heterocycles. The summed E-state index contributed by atoms with van der Waals surface area (Å²) in [5, 5.41) is 0. The molecule has 0 saturated carbocycles. The Hall–Kier alpha value is 0.270. The van der Waals surface area contributed by atoms with Crippen molar-refractivity contribution in [2.45, 2.75) is 41.0 Å². The van der Waals surface area contributed by atoms with Crippen LogP contribution in [0.4, 0.5) is 0 Å². The maximum Gasteiger partial charge on any atom is 0.0510 e. The predicted octanol–water partition coefficient (Wildman–Crippen LogP) is 3.59. The summed E-state index contributed by atoms with van der Waals surface area (Å²) in [6.45, 7) is 15.0. The fourth-order valence-electron chi connectivity index (χ4n) is 1.68. The second-order valence-electron chi connectivity index (χ2n) is 5.34. The molecule has 3 heteroatoms. The highest BCUT2D eigenvalue weighted by Gasteiger charge is 2.11. The zero-order valence-electron chi connectivity index (χ0n) is 12.7. The molecule has 0 bridgehead atoms. The maximum absolute atomic E-state index is 2.55. The monoisotopic (exact) mass is 260 g/mol. The van der Waals surface area contributed by atoms with Crippen molar-refractivity contribution in [2.75, 3.05) is 38.4 Å². The first-order chi connectivity index (χ1) is 8.01. The van der Waals surface area contributed by atoms with Crippen molar-refractivity contribution in [1.29, 1.82) is 0 Å². The van der Waals surface area contributed by atoms with Gasteiger partial charge in [-0.3, -0.25) is 9.80 Å². The summed E-state index contributed by atoms with van der Waals surface area (Å²) in [5.41, 5.74) is 0. The van der Waals surface area contributed by atoms with Crippen molar-refractivity contribution in [1.82, 2.24) is 9.80 Å². The smallest absolute Gasteiger partial charge is 0.0510 e. The SMILES string of the molecule is CCSCN(C)CN(CC)CCC(C)C(C)C. The first kappa shape index (κ1) is 17.3. The third-order valence-electron chi connectivity index (χ3n) is 3.44. The molecule has 2 nitrogen and oxygen atoms in total. The van der Waals surface area contributed by atoms with Crippen LogP contribution in [0.1, 0.15) is 41.0 Å². The minimum Gasteiger partial charge on any atom is -0.291 e. The Bertz CT molecular complexity index is 174. The Morgan fingerprint density at radius 3 is 2.24 bits per heavy atom. The third-order valence-corrected chi connectivity index (χ3v) is 4.47. The molecule has 1 unspecified atom stereocenters. The molecule has 0 saturated heterocycles. The number of hydrogen-bond donors (Lipinski definition) is 0. The number of nitrogens with zero attached hydrogens (tertiary/aromatic N) is 2. The summed E-state index contributed by atoms with van der Waals surface area (Å²) in [6.07, 6.45) is 1.32. The van der Waals surface area contributed by atoms with Gasteiger partial charge in [0.25, 0.3) is 0 Å². The Kier molecular flexibility index (Phi) is 10.4. The van der Waals surface area contributed by atoms with Gasteiger partial charge in [0.05, 0.1) is 6.67 Å². The van der Waals surface area contributed by atoms with Crippen LogP contribution >= 0.6 is 11.8 Å². The molecule has 0 aliphatic rings. The van der Waals surface area contributed by atoms with Crippen LogP contribution in [-0.4, -0.2) is 48.2 Å². The highest BCUT2D eigenvalue weighted by molar-refractivity contribution is 7.99. The van der Waals surface area contributed by atoms with E-state index in [2.05, 4.69) is 51.5 Å². The van der Waals surface area contributed by atoms with Crippen LogP contribution in [0.2, 0.25) is 0 Å². The third kappa shape index (κ3) is 8.92. The van der Waals surface area contributed by atoms with Gasteiger partial charge in [-0.25, -0.2) is 0 Å². The van der Waals surface area contributed by atoms with Gasteiger partial charge in [-0.1, -0.05) is 34.6 Å². The molecule has 0 aromatic heterocycles. The second-order valence-corrected chi connectivity index (χ2v) is 6.58. The lowest BCUT2D eigenvalue weighted by molar-refractivity contribution is 0.165. The second kappa shape index (κ2) is 10.2. The van der Waals surface area contributed by atoms with E-state index >= 15 is 0 Å². The lowest BCUT2D eigenvalue weighted by atomic mass is 9.95. The summed E-state index contributed by atoms with van der Waals surface area (Å²) in [7, 11) is 2.22. The molecule has 0 N–H and O–H groups in total. The van der Waals surface area contributed by atoms with Gasteiger partial charge in [-0.2, -0.15) is 0 Å². The molecule has 0 radical (unpaired) electrons. The minimum atomic E-state index is 0.807. The molecule has 17 heavy (non-hydrogen) atoms. The largest absolute Gasteiger partial charge is 0.291 e. The molecule has 1 atom stereocenters. The van der Waals surface area contributed by atoms with Gasteiger partial charge >= 0.3 is 0 Å². The summed E-state index contributed by atoms with van der Waals surface area (Å²) >= 11 is 2.00. The van der Waals surface area contributed by atoms with E-state index in [1.165, 1.54) is 18.7 Å². The van der Waals surface area contributed by atoms with Gasteiger partial charge < -0.3 is 0 Å². The quantitative estimate of drug-likeness (QED) is 0.554. The molecule has 0 spiro atoms. The molecule has 0 rings (SSSR count). The van der Waals surface area contributed by atoms with Gasteiger partial charge in [0.1, 0.15) is 0 Å². The zero-order chi connectivity index (χ0) is 13.3. The molecule has 0 aromatic carbocycles. The first-order valence-electron chi connectivity index (χ1n) is 6.99. The van der Waals surface area contributed by atoms with E-state index in [4.69, 9.17) is 0 Å². The number of thioether (sulfide) groups is 1. The summed E-state index contributed by atoms with van der Waals surface area (Å²) in [5.74, 6) is 3.99. The fraction of sp³-hybridized carbons (Fsp3) is 1.00. The maximum atomic E-state index is 2.55. The van der Waals surface area contributed by atoms with Crippen LogP contribution in [0.3, 0.4) is 0 Å². The van der Waals surface area contributed by atoms with E-state index in [-0.39, 0.29) is 0 Å². The molecule has 0 fully saturated rings. The van der Waals surface area contributed by atoms with Crippen molar-refractivity contribution in [3.05, 3.63) is 0 Å². The van der Waals surface area contributed by atoms with Crippen molar-refractivity contribution >= 4 is 11.8 Å². The molecule has 104 valence electrons. The van der Waals surface area contributed by atoms with Crippen LogP contribution in [0, 0.1) is 11.8 Å². The average Bonchev–Trinajstić information content (AvgIpc) is 2.31. The van der Waals surface area contributed by atoms with Crippen molar-refractivity contribution < 1.29 is 0 Å². The van der Waals surface area contributed by atoms with Crippen LogP contribution in [0.5, 0.6) is 0 Å². The van der Waals surface area contributed by atoms with E-state index in [0.29, 0.717) is 0 Å². The van der Waals surface area contributed by atoms with E-state index in [1.54, 1.807) is 0 Å². The molecule has 0 heterocycles. The Morgan fingerprint density at radius 1 is 1.12 bits per heavy atom. The summed E-state index contributed by atoms with van der Waals surface area (Å²) in [6, 6.07) is 0. The van der Waals surface area contributed by atoms with E-state index < -0.39 is 0 Å². The first-order valence-corrected chi connectivity index (χ1v) is 8.15. The van der Waals surface area contributed by atoms with E-state index in [9.17, 15) is 0 Å². The number of rotatable bonds is 10. The lowest BCUT2D eigenvalue weighted by Gasteiger charge is -2.28. The van der Waals surface area contributed by atoms with Crippen molar-refractivity contribution in [3.8, 4) is 0 Å². The molecular weight excluding hydrogens is 228 g/mol. The standard InChI is InChI=1S/C14H32N2S/c1-7-16(10-9-14(5)13(3)4)11-15(6)12-17-8-2/h13-14H,7-12H2,1-6H3. The highest BCUT2D eigenvalue weighted by Crippen LogP contribution is 2.14. The Labute approximate surface area is 113 Å². The highest BCUT2D eigenvalue weighted by atomic mass is 32.2. The minimum absolute atomic E-state index is 0.807. The molecule has 0 amide bonds. The van der Waals surface area contributed by atoms with Gasteiger partial charge in [0, 0.05) is 5.88 Å². The van der Waals surface area contributed by atoms with Crippen molar-refractivity contribution in [3.63, 3.8) is 0 Å². The molecule has 0 aliphatic carbocycles. The van der Waals surface area contributed by atoms with Crippen LogP contribution < -0.4 is 0 Å².